The van der Waals surface area contributed by atoms with Crippen molar-refractivity contribution >= 4 is 11.7 Å². The number of nitrogens with zero attached hydrogens (tertiary/aromatic N) is 2. The Bertz CT molecular complexity index is 503. The number of ketones is 1. The maximum Gasteiger partial charge on any atom is 0.295 e. The summed E-state index contributed by atoms with van der Waals surface area (Å²) in [5.41, 5.74) is 0.712. The van der Waals surface area contributed by atoms with Crippen LogP contribution in [0, 0.1) is 5.92 Å². The molecule has 3 rings (SSSR count). The van der Waals surface area contributed by atoms with Crippen molar-refractivity contribution in [2.24, 2.45) is 5.92 Å². The Morgan fingerprint density at radius 1 is 1.24 bits per heavy atom. The summed E-state index contributed by atoms with van der Waals surface area (Å²) in [5.74, 6) is -0.277. The molecule has 0 aromatic heterocycles. The number of piperidine rings is 1. The van der Waals surface area contributed by atoms with Gasteiger partial charge in [0.15, 0.2) is 0 Å². The van der Waals surface area contributed by atoms with Gasteiger partial charge in [-0.05, 0) is 32.4 Å². The number of carbonyl (C=O) groups excluding carboxylic acids is 2. The molecule has 0 spiro atoms. The van der Waals surface area contributed by atoms with E-state index in [4.69, 9.17) is 0 Å². The molecular weight excluding hydrogens is 264 g/mol. The van der Waals surface area contributed by atoms with E-state index in [9.17, 15) is 9.59 Å². The van der Waals surface area contributed by atoms with Crippen molar-refractivity contribution in [2.45, 2.75) is 45.2 Å². The second kappa shape index (κ2) is 5.76. The first-order valence-electron chi connectivity index (χ1n) is 8.15. The van der Waals surface area contributed by atoms with E-state index in [0.29, 0.717) is 24.1 Å². The molecule has 0 aromatic carbocycles. The molecule has 21 heavy (non-hydrogen) atoms. The molecule has 114 valence electrons. The van der Waals surface area contributed by atoms with Gasteiger partial charge in [-0.15, -0.1) is 0 Å². The highest BCUT2D eigenvalue weighted by Crippen LogP contribution is 2.38. The molecule has 1 aliphatic carbocycles. The van der Waals surface area contributed by atoms with Crippen LogP contribution in [-0.4, -0.2) is 53.2 Å². The van der Waals surface area contributed by atoms with E-state index in [2.05, 4.69) is 24.8 Å². The standard InChI is InChI=1S/C17H24N2O2/c1-3-8-18(9-4-2)13-10-12-6-5-7-14-15(12)19(11-13)17(21)16(14)20/h5-7,12-13,15H,3-4,8-11H2,1-2H3. The SMILES string of the molecule is CCCN(CCC)C1CC2C=CC=C3C(=O)C(=O)N(C1)C32. The molecule has 3 unspecified atom stereocenters. The zero-order chi connectivity index (χ0) is 15.0. The first-order chi connectivity index (χ1) is 10.2. The second-order valence-corrected chi connectivity index (χ2v) is 6.33. The highest BCUT2D eigenvalue weighted by Gasteiger charge is 2.50. The number of Topliss-reactive ketones (excluding diaryl/α,β-unsaturated/α-hetero) is 1. The molecule has 1 amide bonds. The van der Waals surface area contributed by atoms with Gasteiger partial charge in [0.1, 0.15) is 0 Å². The second-order valence-electron chi connectivity index (χ2n) is 6.33. The molecule has 0 bridgehead atoms. The van der Waals surface area contributed by atoms with E-state index < -0.39 is 0 Å². The smallest absolute Gasteiger partial charge is 0.295 e. The summed E-state index contributed by atoms with van der Waals surface area (Å²) in [5, 5.41) is 0. The van der Waals surface area contributed by atoms with Crippen LogP contribution >= 0.6 is 0 Å². The number of carbonyl (C=O) groups is 2. The van der Waals surface area contributed by atoms with Crippen LogP contribution in [0.4, 0.5) is 0 Å². The molecule has 2 fully saturated rings. The van der Waals surface area contributed by atoms with Crippen LogP contribution in [0.5, 0.6) is 0 Å². The molecule has 3 atom stereocenters. The Morgan fingerprint density at radius 2 is 1.95 bits per heavy atom. The molecule has 0 saturated carbocycles. The Kier molecular flexibility index (Phi) is 3.98. The Morgan fingerprint density at radius 3 is 2.62 bits per heavy atom. The summed E-state index contributed by atoms with van der Waals surface area (Å²) < 4.78 is 0. The van der Waals surface area contributed by atoms with Gasteiger partial charge in [0, 0.05) is 24.1 Å². The van der Waals surface area contributed by atoms with Gasteiger partial charge < -0.3 is 4.90 Å². The topological polar surface area (TPSA) is 40.6 Å². The summed E-state index contributed by atoms with van der Waals surface area (Å²) in [7, 11) is 0. The molecule has 2 heterocycles. The molecule has 0 radical (unpaired) electrons. The summed E-state index contributed by atoms with van der Waals surface area (Å²) in [6.07, 6.45) is 9.26. The largest absolute Gasteiger partial charge is 0.326 e. The normalized spacial score (nSPS) is 30.9. The number of hydrogen-bond acceptors (Lipinski definition) is 3. The monoisotopic (exact) mass is 288 g/mol. The molecule has 4 nitrogen and oxygen atoms in total. The van der Waals surface area contributed by atoms with Gasteiger partial charge in [-0.1, -0.05) is 32.1 Å². The van der Waals surface area contributed by atoms with E-state index >= 15 is 0 Å². The highest BCUT2D eigenvalue weighted by molar-refractivity contribution is 6.45. The molecule has 3 aliphatic rings. The summed E-state index contributed by atoms with van der Waals surface area (Å²) in [6, 6.07) is 0.390. The lowest BCUT2D eigenvalue weighted by Gasteiger charge is -2.44. The van der Waals surface area contributed by atoms with Crippen molar-refractivity contribution in [3.8, 4) is 0 Å². The predicted octanol–water partition coefficient (Wildman–Crippen LogP) is 1.77. The fourth-order valence-electron chi connectivity index (χ4n) is 4.06. The lowest BCUT2D eigenvalue weighted by atomic mass is 9.81. The molecule has 0 aromatic rings. The average molecular weight is 288 g/mol. The van der Waals surface area contributed by atoms with Crippen molar-refractivity contribution in [1.82, 2.24) is 9.80 Å². The summed E-state index contributed by atoms with van der Waals surface area (Å²) >= 11 is 0. The third-order valence-corrected chi connectivity index (χ3v) is 4.90. The lowest BCUT2D eigenvalue weighted by Crippen LogP contribution is -2.55. The third-order valence-electron chi connectivity index (χ3n) is 4.90. The zero-order valence-electron chi connectivity index (χ0n) is 12.9. The molecule has 4 heteroatoms. The molecular formula is C17H24N2O2. The van der Waals surface area contributed by atoms with Gasteiger partial charge in [0.05, 0.1) is 6.04 Å². The zero-order valence-corrected chi connectivity index (χ0v) is 12.9. The Balaban J connectivity index is 1.84. The van der Waals surface area contributed by atoms with E-state index in [1.165, 1.54) is 0 Å². The quantitative estimate of drug-likeness (QED) is 0.724. The van der Waals surface area contributed by atoms with Crippen LogP contribution in [0.15, 0.2) is 23.8 Å². The fraction of sp³-hybridized carbons (Fsp3) is 0.647. The van der Waals surface area contributed by atoms with Gasteiger partial charge in [-0.25, -0.2) is 0 Å². The average Bonchev–Trinajstić information content (AvgIpc) is 2.74. The number of allylic oxidation sites excluding steroid dienone is 2. The van der Waals surface area contributed by atoms with E-state index in [1.807, 2.05) is 17.1 Å². The van der Waals surface area contributed by atoms with Crippen LogP contribution in [0.2, 0.25) is 0 Å². The number of hydrogen-bond donors (Lipinski definition) is 0. The Labute approximate surface area is 126 Å². The predicted molar refractivity (Wildman–Crippen MR) is 81.8 cm³/mol. The first kappa shape index (κ1) is 14.5. The van der Waals surface area contributed by atoms with Gasteiger partial charge in [0.25, 0.3) is 5.91 Å². The molecule has 2 saturated heterocycles. The minimum atomic E-state index is -0.294. The Hall–Kier alpha value is -1.42. The van der Waals surface area contributed by atoms with E-state index in [1.54, 1.807) is 0 Å². The lowest BCUT2D eigenvalue weighted by molar-refractivity contribution is -0.141. The molecule has 0 N–H and O–H groups in total. The van der Waals surface area contributed by atoms with Gasteiger partial charge >= 0.3 is 0 Å². The van der Waals surface area contributed by atoms with Crippen LogP contribution < -0.4 is 0 Å². The summed E-state index contributed by atoms with van der Waals surface area (Å²) in [4.78, 5) is 28.7. The highest BCUT2D eigenvalue weighted by atomic mass is 16.2. The molecule has 2 aliphatic heterocycles. The van der Waals surface area contributed by atoms with Gasteiger partial charge in [-0.2, -0.15) is 0 Å². The van der Waals surface area contributed by atoms with Crippen LogP contribution in [-0.2, 0) is 9.59 Å². The number of rotatable bonds is 5. The first-order valence-corrected chi connectivity index (χ1v) is 8.15. The fourth-order valence-corrected chi connectivity index (χ4v) is 4.06. The van der Waals surface area contributed by atoms with Gasteiger partial charge in [-0.3, -0.25) is 14.5 Å². The van der Waals surface area contributed by atoms with Crippen LogP contribution in [0.1, 0.15) is 33.1 Å². The van der Waals surface area contributed by atoms with Gasteiger partial charge in [0.2, 0.25) is 5.78 Å². The minimum absolute atomic E-state index is 0.0105. The van der Waals surface area contributed by atoms with E-state index in [-0.39, 0.29) is 17.7 Å². The maximum atomic E-state index is 12.3. The van der Waals surface area contributed by atoms with Crippen molar-refractivity contribution in [2.75, 3.05) is 19.6 Å². The van der Waals surface area contributed by atoms with Crippen LogP contribution in [0.3, 0.4) is 0 Å². The maximum absolute atomic E-state index is 12.3. The van der Waals surface area contributed by atoms with Crippen molar-refractivity contribution in [3.63, 3.8) is 0 Å². The third kappa shape index (κ3) is 2.35. The summed E-state index contributed by atoms with van der Waals surface area (Å²) in [6.45, 7) is 7.23. The van der Waals surface area contributed by atoms with E-state index in [0.717, 1.165) is 32.4 Å². The minimum Gasteiger partial charge on any atom is -0.326 e. The van der Waals surface area contributed by atoms with Crippen LogP contribution in [0.25, 0.3) is 0 Å². The van der Waals surface area contributed by atoms with Crippen molar-refractivity contribution < 1.29 is 9.59 Å². The number of amides is 1. The van der Waals surface area contributed by atoms with Crippen molar-refractivity contribution in [1.29, 1.82) is 0 Å². The van der Waals surface area contributed by atoms with Crippen molar-refractivity contribution in [3.05, 3.63) is 23.8 Å².